The molecule has 6 heteroatoms. The topological polar surface area (TPSA) is 50.5 Å². The summed E-state index contributed by atoms with van der Waals surface area (Å²) in [5.74, 6) is 5.15. The van der Waals surface area contributed by atoms with Gasteiger partial charge in [-0.15, -0.1) is 24.8 Å². The molecule has 3 N–H and O–H groups in total. The monoisotopic (exact) mass is 231 g/mol. The Labute approximate surface area is 92.0 Å². The number of nitrogens with two attached hydrogens (primary N) is 1. The summed E-state index contributed by atoms with van der Waals surface area (Å²) in [5, 5.41) is 0. The molecule has 0 atom stereocenters. The lowest BCUT2D eigenvalue weighted by Crippen LogP contribution is -2.38. The van der Waals surface area contributed by atoms with Crippen molar-refractivity contribution in [2.75, 3.05) is 39.4 Å². The van der Waals surface area contributed by atoms with Crippen molar-refractivity contribution in [2.24, 2.45) is 5.84 Å². The molecule has 0 aromatic carbocycles. The smallest absolute Gasteiger partial charge is 0.0594 e. The SMILES string of the molecule is Cl.Cl.NNCCCN1CCOCC1. The molecular weight excluding hydrogens is 213 g/mol. The number of hydrazine groups is 1. The molecule has 1 saturated heterocycles. The van der Waals surface area contributed by atoms with Gasteiger partial charge in [0.05, 0.1) is 13.2 Å². The quantitative estimate of drug-likeness (QED) is 0.407. The second-order valence-electron chi connectivity index (χ2n) is 2.76. The van der Waals surface area contributed by atoms with E-state index in [0.29, 0.717) is 0 Å². The summed E-state index contributed by atoms with van der Waals surface area (Å²) >= 11 is 0. The van der Waals surface area contributed by atoms with E-state index in [9.17, 15) is 0 Å². The average Bonchev–Trinajstić information content (AvgIpc) is 2.07. The third-order valence-electron chi connectivity index (χ3n) is 1.90. The Hall–Kier alpha value is 0.420. The molecule has 0 amide bonds. The molecule has 13 heavy (non-hydrogen) atoms. The van der Waals surface area contributed by atoms with Crippen LogP contribution in [-0.4, -0.2) is 44.3 Å². The van der Waals surface area contributed by atoms with Crippen LogP contribution in [0, 0.1) is 0 Å². The van der Waals surface area contributed by atoms with Crippen LogP contribution in [-0.2, 0) is 4.74 Å². The van der Waals surface area contributed by atoms with E-state index in [1.165, 1.54) is 0 Å². The zero-order valence-corrected chi connectivity index (χ0v) is 9.33. The zero-order valence-electron chi connectivity index (χ0n) is 7.70. The van der Waals surface area contributed by atoms with Crippen LogP contribution in [0.15, 0.2) is 0 Å². The number of nitrogens with zero attached hydrogens (tertiary/aromatic N) is 1. The maximum absolute atomic E-state index is 5.22. The minimum absolute atomic E-state index is 0. The number of halogens is 2. The van der Waals surface area contributed by atoms with Crippen LogP contribution in [0.4, 0.5) is 0 Å². The fourth-order valence-electron chi connectivity index (χ4n) is 1.23. The Morgan fingerprint density at radius 1 is 1.23 bits per heavy atom. The van der Waals surface area contributed by atoms with Gasteiger partial charge in [-0.2, -0.15) is 0 Å². The predicted octanol–water partition coefficient (Wildman–Crippen LogP) is 0.0156. The van der Waals surface area contributed by atoms with Crippen LogP contribution in [0.25, 0.3) is 0 Å². The third-order valence-corrected chi connectivity index (χ3v) is 1.90. The van der Waals surface area contributed by atoms with Gasteiger partial charge in [0.15, 0.2) is 0 Å². The molecule has 4 nitrogen and oxygen atoms in total. The van der Waals surface area contributed by atoms with Crippen molar-refractivity contribution in [3.63, 3.8) is 0 Å². The minimum Gasteiger partial charge on any atom is -0.379 e. The van der Waals surface area contributed by atoms with Crippen molar-refractivity contribution in [3.05, 3.63) is 0 Å². The van der Waals surface area contributed by atoms with Gasteiger partial charge in [0.1, 0.15) is 0 Å². The van der Waals surface area contributed by atoms with Crippen LogP contribution < -0.4 is 11.3 Å². The molecule has 1 fully saturated rings. The third kappa shape index (κ3) is 7.49. The highest BCUT2D eigenvalue weighted by molar-refractivity contribution is 5.85. The summed E-state index contributed by atoms with van der Waals surface area (Å²) in [5.41, 5.74) is 2.65. The number of morpholine rings is 1. The lowest BCUT2D eigenvalue weighted by atomic mass is 10.3. The molecule has 0 saturated carbocycles. The summed E-state index contributed by atoms with van der Waals surface area (Å²) < 4.78 is 5.22. The van der Waals surface area contributed by atoms with Gasteiger partial charge in [0.25, 0.3) is 0 Å². The Bertz CT molecular complexity index is 102. The van der Waals surface area contributed by atoms with E-state index in [4.69, 9.17) is 10.6 Å². The molecule has 82 valence electrons. The highest BCUT2D eigenvalue weighted by Crippen LogP contribution is 1.96. The molecule has 0 radical (unpaired) electrons. The summed E-state index contributed by atoms with van der Waals surface area (Å²) in [7, 11) is 0. The molecule has 1 aliphatic rings. The van der Waals surface area contributed by atoms with Crippen LogP contribution in [0.2, 0.25) is 0 Å². The van der Waals surface area contributed by atoms with Gasteiger partial charge in [-0.3, -0.25) is 16.2 Å². The molecule has 0 aromatic rings. The van der Waals surface area contributed by atoms with Gasteiger partial charge < -0.3 is 4.74 Å². The van der Waals surface area contributed by atoms with Gasteiger partial charge in [-0.25, -0.2) is 0 Å². The Balaban J connectivity index is 0. The zero-order chi connectivity index (χ0) is 7.94. The van der Waals surface area contributed by atoms with Crippen molar-refractivity contribution in [2.45, 2.75) is 6.42 Å². The van der Waals surface area contributed by atoms with Gasteiger partial charge >= 0.3 is 0 Å². The standard InChI is InChI=1S/C7H17N3O.2ClH/c8-9-2-1-3-10-4-6-11-7-5-10;;/h9H,1-8H2;2*1H. The maximum Gasteiger partial charge on any atom is 0.0594 e. The average molecular weight is 232 g/mol. The van der Waals surface area contributed by atoms with Crippen LogP contribution in [0.3, 0.4) is 0 Å². The van der Waals surface area contributed by atoms with E-state index in [2.05, 4.69) is 10.3 Å². The maximum atomic E-state index is 5.22. The summed E-state index contributed by atoms with van der Waals surface area (Å²) in [4.78, 5) is 2.40. The first-order valence-corrected chi connectivity index (χ1v) is 4.17. The largest absolute Gasteiger partial charge is 0.379 e. The molecule has 0 aliphatic carbocycles. The highest BCUT2D eigenvalue weighted by Gasteiger charge is 2.08. The number of nitrogens with one attached hydrogen (secondary N) is 1. The summed E-state index contributed by atoms with van der Waals surface area (Å²) in [6.45, 7) is 5.95. The number of rotatable bonds is 4. The summed E-state index contributed by atoms with van der Waals surface area (Å²) in [6.07, 6.45) is 1.12. The van der Waals surface area contributed by atoms with E-state index < -0.39 is 0 Å². The molecule has 0 unspecified atom stereocenters. The van der Waals surface area contributed by atoms with E-state index >= 15 is 0 Å². The number of hydrogen-bond acceptors (Lipinski definition) is 4. The van der Waals surface area contributed by atoms with Crippen molar-refractivity contribution in [1.29, 1.82) is 0 Å². The molecule has 1 rings (SSSR count). The number of ether oxygens (including phenoxy) is 1. The molecule has 1 aliphatic heterocycles. The molecular formula is C7H19Cl2N3O. The van der Waals surface area contributed by atoms with Crippen molar-refractivity contribution < 1.29 is 4.74 Å². The fourth-order valence-corrected chi connectivity index (χ4v) is 1.23. The van der Waals surface area contributed by atoms with E-state index in [1.807, 2.05) is 0 Å². The summed E-state index contributed by atoms with van der Waals surface area (Å²) in [6, 6.07) is 0. The first-order valence-electron chi connectivity index (χ1n) is 4.17. The number of hydrogen-bond donors (Lipinski definition) is 2. The Kier molecular flexibility index (Phi) is 12.8. The lowest BCUT2D eigenvalue weighted by molar-refractivity contribution is 0.0375. The second-order valence-corrected chi connectivity index (χ2v) is 2.76. The van der Waals surface area contributed by atoms with Crippen molar-refractivity contribution >= 4 is 24.8 Å². The van der Waals surface area contributed by atoms with E-state index in [1.54, 1.807) is 0 Å². The van der Waals surface area contributed by atoms with E-state index in [-0.39, 0.29) is 24.8 Å². The second kappa shape index (κ2) is 10.5. The van der Waals surface area contributed by atoms with Crippen molar-refractivity contribution in [3.8, 4) is 0 Å². The van der Waals surface area contributed by atoms with Gasteiger partial charge in [0.2, 0.25) is 0 Å². The van der Waals surface area contributed by atoms with Crippen LogP contribution in [0.5, 0.6) is 0 Å². The molecule has 0 bridgehead atoms. The predicted molar refractivity (Wildman–Crippen MR) is 58.6 cm³/mol. The first kappa shape index (κ1) is 15.9. The lowest BCUT2D eigenvalue weighted by Gasteiger charge is -2.26. The normalized spacial score (nSPS) is 17.3. The van der Waals surface area contributed by atoms with Crippen molar-refractivity contribution in [1.82, 2.24) is 10.3 Å². The minimum atomic E-state index is 0. The molecule has 0 aromatic heterocycles. The van der Waals surface area contributed by atoms with Gasteiger partial charge in [0, 0.05) is 19.6 Å². The van der Waals surface area contributed by atoms with Crippen LogP contribution >= 0.6 is 24.8 Å². The van der Waals surface area contributed by atoms with Gasteiger partial charge in [-0.1, -0.05) is 0 Å². The van der Waals surface area contributed by atoms with Gasteiger partial charge in [-0.05, 0) is 13.0 Å². The van der Waals surface area contributed by atoms with Crippen LogP contribution in [0.1, 0.15) is 6.42 Å². The molecule has 1 heterocycles. The fraction of sp³-hybridized carbons (Fsp3) is 1.00. The van der Waals surface area contributed by atoms with E-state index in [0.717, 1.165) is 45.8 Å². The Morgan fingerprint density at radius 3 is 2.38 bits per heavy atom. The first-order chi connectivity index (χ1) is 5.43. The molecule has 0 spiro atoms. The Morgan fingerprint density at radius 2 is 1.85 bits per heavy atom. The highest BCUT2D eigenvalue weighted by atomic mass is 35.5.